The molecule has 3 aromatic carbocycles. The van der Waals surface area contributed by atoms with E-state index in [-0.39, 0.29) is 11.8 Å². The quantitative estimate of drug-likeness (QED) is 0.420. The highest BCUT2D eigenvalue weighted by Crippen LogP contribution is 2.15. The van der Waals surface area contributed by atoms with Crippen molar-refractivity contribution in [3.63, 3.8) is 0 Å². The zero-order valence-corrected chi connectivity index (χ0v) is 16.9. The van der Waals surface area contributed by atoms with Crippen molar-refractivity contribution in [2.45, 2.75) is 6.17 Å². The molecule has 3 rings (SSSR count). The van der Waals surface area contributed by atoms with Crippen molar-refractivity contribution in [2.24, 2.45) is 0 Å². The van der Waals surface area contributed by atoms with Gasteiger partial charge in [-0.2, -0.15) is 0 Å². The van der Waals surface area contributed by atoms with E-state index in [1.807, 2.05) is 60.7 Å². The third-order valence-electron chi connectivity index (χ3n) is 4.23. The molecule has 2 N–H and O–H groups in total. The highest BCUT2D eigenvalue weighted by atomic mass is 35.5. The second-order valence-electron chi connectivity index (χ2n) is 6.49. The van der Waals surface area contributed by atoms with E-state index in [1.165, 1.54) is 12.2 Å². The number of hydrogen-bond acceptors (Lipinski definition) is 2. The SMILES string of the molecule is O=C(/C=C/c1ccccc1)NC(NC(=O)/C=C/c1ccccc1)c1ccc(Cl)cc1. The molecule has 0 aliphatic heterocycles. The fraction of sp³-hybridized carbons (Fsp3) is 0.0400. The van der Waals surface area contributed by atoms with Gasteiger partial charge in [-0.15, -0.1) is 0 Å². The Morgan fingerprint density at radius 1 is 0.667 bits per heavy atom. The van der Waals surface area contributed by atoms with Gasteiger partial charge < -0.3 is 10.6 Å². The third kappa shape index (κ3) is 6.76. The Bertz CT molecular complexity index is 966. The van der Waals surface area contributed by atoms with Crippen LogP contribution in [0.3, 0.4) is 0 Å². The second-order valence-corrected chi connectivity index (χ2v) is 6.93. The van der Waals surface area contributed by atoms with Crippen LogP contribution in [-0.2, 0) is 9.59 Å². The van der Waals surface area contributed by atoms with Gasteiger partial charge in [-0.25, -0.2) is 0 Å². The predicted octanol–water partition coefficient (Wildman–Crippen LogP) is 5.00. The summed E-state index contributed by atoms with van der Waals surface area (Å²) in [5.41, 5.74) is 2.53. The van der Waals surface area contributed by atoms with Gasteiger partial charge >= 0.3 is 0 Å². The maximum Gasteiger partial charge on any atom is 0.245 e. The summed E-state index contributed by atoms with van der Waals surface area (Å²) in [6, 6.07) is 25.9. The van der Waals surface area contributed by atoms with E-state index in [4.69, 9.17) is 11.6 Å². The largest absolute Gasteiger partial charge is 0.328 e. The lowest BCUT2D eigenvalue weighted by Crippen LogP contribution is -2.39. The zero-order chi connectivity index (χ0) is 21.2. The summed E-state index contributed by atoms with van der Waals surface area (Å²) < 4.78 is 0. The number of carbonyl (C=O) groups is 2. The Balaban J connectivity index is 1.71. The molecule has 0 fully saturated rings. The van der Waals surface area contributed by atoms with Gasteiger partial charge in [0.15, 0.2) is 0 Å². The Hall–Kier alpha value is -3.63. The highest BCUT2D eigenvalue weighted by Gasteiger charge is 2.15. The fourth-order valence-corrected chi connectivity index (χ4v) is 2.84. The molecular formula is C25H21ClN2O2. The third-order valence-corrected chi connectivity index (χ3v) is 4.48. The van der Waals surface area contributed by atoms with Crippen LogP contribution in [0.5, 0.6) is 0 Å². The molecule has 0 radical (unpaired) electrons. The molecule has 5 heteroatoms. The Morgan fingerprint density at radius 2 is 1.10 bits per heavy atom. The normalized spacial score (nSPS) is 11.1. The molecule has 2 amide bonds. The smallest absolute Gasteiger partial charge is 0.245 e. The van der Waals surface area contributed by atoms with E-state index in [2.05, 4.69) is 10.6 Å². The lowest BCUT2D eigenvalue weighted by molar-refractivity contribution is -0.119. The summed E-state index contributed by atoms with van der Waals surface area (Å²) in [6.45, 7) is 0. The van der Waals surface area contributed by atoms with Crippen LogP contribution >= 0.6 is 11.6 Å². The molecule has 30 heavy (non-hydrogen) atoms. The monoisotopic (exact) mass is 416 g/mol. The zero-order valence-electron chi connectivity index (χ0n) is 16.2. The first-order valence-electron chi connectivity index (χ1n) is 9.43. The summed E-state index contributed by atoms with van der Waals surface area (Å²) in [7, 11) is 0. The van der Waals surface area contributed by atoms with Crippen LogP contribution in [0.15, 0.2) is 97.1 Å². The van der Waals surface area contributed by atoms with Crippen LogP contribution in [0.25, 0.3) is 12.2 Å². The van der Waals surface area contributed by atoms with Crippen LogP contribution in [0.4, 0.5) is 0 Å². The summed E-state index contributed by atoms with van der Waals surface area (Å²) in [6.07, 6.45) is 5.59. The van der Waals surface area contributed by atoms with Gasteiger partial charge in [0, 0.05) is 17.2 Å². The molecular weight excluding hydrogens is 396 g/mol. The van der Waals surface area contributed by atoms with E-state index in [0.29, 0.717) is 10.6 Å². The summed E-state index contributed by atoms with van der Waals surface area (Å²) >= 11 is 5.97. The first-order chi connectivity index (χ1) is 14.6. The van der Waals surface area contributed by atoms with Crippen LogP contribution in [0.1, 0.15) is 22.9 Å². The van der Waals surface area contributed by atoms with Crippen molar-refractivity contribution in [3.8, 4) is 0 Å². The van der Waals surface area contributed by atoms with Crippen molar-refractivity contribution in [1.29, 1.82) is 0 Å². The maximum atomic E-state index is 12.4. The molecule has 0 aliphatic rings. The summed E-state index contributed by atoms with van der Waals surface area (Å²) in [5.74, 6) is -0.655. The summed E-state index contributed by atoms with van der Waals surface area (Å²) in [5, 5.41) is 6.21. The molecule has 0 aromatic heterocycles. The fourth-order valence-electron chi connectivity index (χ4n) is 2.71. The number of halogens is 1. The minimum atomic E-state index is -0.705. The second kappa shape index (κ2) is 10.8. The van der Waals surface area contributed by atoms with Crippen molar-refractivity contribution in [2.75, 3.05) is 0 Å². The standard InChI is InChI=1S/C25H21ClN2O2/c26-22-15-13-21(14-16-22)25(27-23(29)17-11-19-7-3-1-4-8-19)28-24(30)18-12-20-9-5-2-6-10-20/h1-18,25H,(H,27,29)(H,28,30)/b17-11+,18-12+. The van der Waals surface area contributed by atoms with Gasteiger partial charge in [-0.05, 0) is 41.0 Å². The number of carbonyl (C=O) groups excluding carboxylic acids is 2. The van der Waals surface area contributed by atoms with E-state index in [9.17, 15) is 9.59 Å². The summed E-state index contributed by atoms with van der Waals surface area (Å²) in [4.78, 5) is 24.9. The number of rotatable bonds is 7. The number of amides is 2. The Morgan fingerprint density at radius 3 is 1.53 bits per heavy atom. The molecule has 0 saturated heterocycles. The van der Waals surface area contributed by atoms with Gasteiger partial charge in [0.25, 0.3) is 0 Å². The molecule has 0 aliphatic carbocycles. The average Bonchev–Trinajstić information content (AvgIpc) is 2.78. The van der Waals surface area contributed by atoms with E-state index in [1.54, 1.807) is 36.4 Å². The van der Waals surface area contributed by atoms with Crippen LogP contribution < -0.4 is 10.6 Å². The Labute approximate surface area is 180 Å². The maximum absolute atomic E-state index is 12.4. The molecule has 3 aromatic rings. The molecule has 4 nitrogen and oxygen atoms in total. The van der Waals surface area contributed by atoms with Crippen LogP contribution in [-0.4, -0.2) is 11.8 Å². The minimum Gasteiger partial charge on any atom is -0.328 e. The molecule has 150 valence electrons. The minimum absolute atomic E-state index is 0.328. The van der Waals surface area contributed by atoms with E-state index in [0.717, 1.165) is 11.1 Å². The first-order valence-corrected chi connectivity index (χ1v) is 9.81. The molecule has 0 bridgehead atoms. The molecule has 0 saturated carbocycles. The van der Waals surface area contributed by atoms with Crippen molar-refractivity contribution < 1.29 is 9.59 Å². The van der Waals surface area contributed by atoms with Crippen molar-refractivity contribution >= 4 is 35.6 Å². The van der Waals surface area contributed by atoms with Crippen LogP contribution in [0.2, 0.25) is 5.02 Å². The van der Waals surface area contributed by atoms with Gasteiger partial charge in [0.2, 0.25) is 11.8 Å². The van der Waals surface area contributed by atoms with Gasteiger partial charge in [0.05, 0.1) is 0 Å². The Kier molecular flexibility index (Phi) is 7.58. The van der Waals surface area contributed by atoms with Gasteiger partial charge in [-0.1, -0.05) is 84.4 Å². The van der Waals surface area contributed by atoms with E-state index < -0.39 is 6.17 Å². The lowest BCUT2D eigenvalue weighted by Gasteiger charge is -2.19. The molecule has 0 heterocycles. The van der Waals surface area contributed by atoms with Gasteiger partial charge in [0.1, 0.15) is 6.17 Å². The van der Waals surface area contributed by atoms with Crippen LogP contribution in [0, 0.1) is 0 Å². The van der Waals surface area contributed by atoms with Gasteiger partial charge in [-0.3, -0.25) is 9.59 Å². The molecule has 0 atom stereocenters. The number of benzene rings is 3. The topological polar surface area (TPSA) is 58.2 Å². The van der Waals surface area contributed by atoms with Crippen molar-refractivity contribution in [1.82, 2.24) is 10.6 Å². The highest BCUT2D eigenvalue weighted by molar-refractivity contribution is 6.30. The van der Waals surface area contributed by atoms with E-state index >= 15 is 0 Å². The van der Waals surface area contributed by atoms with Crippen molar-refractivity contribution in [3.05, 3.63) is 119 Å². The first kappa shape index (κ1) is 21.1. The molecule has 0 unspecified atom stereocenters. The molecule has 0 spiro atoms. The average molecular weight is 417 g/mol. The predicted molar refractivity (Wildman–Crippen MR) is 121 cm³/mol. The lowest BCUT2D eigenvalue weighted by atomic mass is 10.1. The number of hydrogen-bond donors (Lipinski definition) is 2. The number of nitrogens with one attached hydrogen (secondary N) is 2.